The van der Waals surface area contributed by atoms with Crippen molar-refractivity contribution in [2.75, 3.05) is 18.2 Å². The first-order valence-corrected chi connectivity index (χ1v) is 12.2. The predicted molar refractivity (Wildman–Crippen MR) is 122 cm³/mol. The Balaban J connectivity index is 1.95. The van der Waals surface area contributed by atoms with E-state index < -0.39 is 35.6 Å². The lowest BCUT2D eigenvalue weighted by molar-refractivity contribution is -0.384. The van der Waals surface area contributed by atoms with Gasteiger partial charge in [0.05, 0.1) is 27.5 Å². The summed E-state index contributed by atoms with van der Waals surface area (Å²) in [6.07, 6.45) is 0. The number of aryl methyl sites for hydroxylation is 1. The molecule has 13 heteroatoms. The summed E-state index contributed by atoms with van der Waals surface area (Å²) >= 11 is 0. The molecule has 0 radical (unpaired) electrons. The number of rotatable bonds is 8. The summed E-state index contributed by atoms with van der Waals surface area (Å²) in [7, 11) is -7.67. The Labute approximate surface area is 190 Å². The Bertz CT molecular complexity index is 1420. The largest absolute Gasteiger partial charge is 0.495 e. The Morgan fingerprint density at radius 3 is 2.12 bits per heavy atom. The van der Waals surface area contributed by atoms with Gasteiger partial charge in [-0.15, -0.1) is 4.13 Å². The molecule has 3 aromatic carbocycles. The van der Waals surface area contributed by atoms with Crippen molar-refractivity contribution in [2.24, 2.45) is 0 Å². The van der Waals surface area contributed by atoms with E-state index >= 15 is 0 Å². The fourth-order valence-corrected chi connectivity index (χ4v) is 5.77. The van der Waals surface area contributed by atoms with Gasteiger partial charge in [-0.25, -0.2) is 16.8 Å². The molecule has 0 fully saturated rings. The number of nitrogens with two attached hydrogens (primary N) is 1. The van der Waals surface area contributed by atoms with Crippen LogP contribution in [0.1, 0.15) is 5.56 Å². The van der Waals surface area contributed by atoms with E-state index in [2.05, 4.69) is 5.32 Å². The molecule has 0 saturated heterocycles. The Morgan fingerprint density at radius 2 is 1.52 bits per heavy atom. The molecule has 11 nitrogen and oxygen atoms in total. The van der Waals surface area contributed by atoms with Crippen LogP contribution in [0.4, 0.5) is 22.7 Å². The van der Waals surface area contributed by atoms with Crippen molar-refractivity contribution in [1.29, 1.82) is 0 Å². The monoisotopic (exact) mass is 492 g/mol. The van der Waals surface area contributed by atoms with E-state index in [1.165, 1.54) is 43.5 Å². The second kappa shape index (κ2) is 9.05. The highest BCUT2D eigenvalue weighted by atomic mass is 32.3. The van der Waals surface area contributed by atoms with Crippen LogP contribution in [0.25, 0.3) is 0 Å². The number of nitrogen functional groups attached to an aromatic ring is 1. The zero-order valence-corrected chi connectivity index (χ0v) is 19.1. The van der Waals surface area contributed by atoms with E-state index in [1.54, 1.807) is 17.1 Å². The van der Waals surface area contributed by atoms with E-state index in [9.17, 15) is 26.9 Å². The summed E-state index contributed by atoms with van der Waals surface area (Å²) in [4.78, 5) is 9.95. The highest BCUT2D eigenvalue weighted by Gasteiger charge is 2.27. The van der Waals surface area contributed by atoms with Gasteiger partial charge in [0, 0.05) is 17.8 Å². The van der Waals surface area contributed by atoms with E-state index in [1.807, 2.05) is 0 Å². The highest BCUT2D eigenvalue weighted by molar-refractivity contribution is 8.04. The maximum absolute atomic E-state index is 12.7. The van der Waals surface area contributed by atoms with Crippen LogP contribution in [0.15, 0.2) is 70.5 Å². The molecule has 4 N–H and O–H groups in total. The number of hydrogen-bond acceptors (Lipinski definition) is 9. The Hall–Kier alpha value is -3.68. The number of nitro benzene ring substituents is 1. The minimum atomic E-state index is -4.64. The summed E-state index contributed by atoms with van der Waals surface area (Å²) in [5.74, 6) is 0.340. The van der Waals surface area contributed by atoms with E-state index in [-0.39, 0.29) is 10.6 Å². The van der Waals surface area contributed by atoms with Crippen molar-refractivity contribution in [1.82, 2.24) is 4.13 Å². The van der Waals surface area contributed by atoms with Gasteiger partial charge in [-0.2, -0.15) is 0 Å². The Morgan fingerprint density at radius 1 is 0.909 bits per heavy atom. The number of nitro groups is 1. The maximum atomic E-state index is 12.7. The molecular weight excluding hydrogens is 472 g/mol. The lowest BCUT2D eigenvalue weighted by Crippen LogP contribution is -2.30. The first-order valence-electron chi connectivity index (χ1n) is 9.27. The molecule has 0 heterocycles. The molecule has 0 atom stereocenters. The van der Waals surface area contributed by atoms with Gasteiger partial charge in [-0.3, -0.25) is 10.1 Å². The molecule has 0 amide bonds. The summed E-state index contributed by atoms with van der Waals surface area (Å²) < 4.78 is 57.1. The van der Waals surface area contributed by atoms with Gasteiger partial charge in [0.1, 0.15) is 11.4 Å². The first kappa shape index (κ1) is 24.0. The average Bonchev–Trinajstić information content (AvgIpc) is 2.74. The van der Waals surface area contributed by atoms with Crippen LogP contribution >= 0.6 is 0 Å². The zero-order chi connectivity index (χ0) is 24.4. The SMILES string of the molecule is COc1cc(Nc2ccc(S(=O)(=O)NS(=O)(=O)c3ccc(C)cc3)cc2[N+](=O)[O-])ccc1N. The third-order valence-corrected chi connectivity index (χ3v) is 8.06. The van der Waals surface area contributed by atoms with Gasteiger partial charge < -0.3 is 15.8 Å². The van der Waals surface area contributed by atoms with Gasteiger partial charge in [0.2, 0.25) is 0 Å². The molecular formula is C20H20N4O7S2. The predicted octanol–water partition coefficient (Wildman–Crippen LogP) is 2.90. The van der Waals surface area contributed by atoms with Crippen molar-refractivity contribution >= 4 is 42.8 Å². The number of sulfonamides is 2. The minimum Gasteiger partial charge on any atom is -0.495 e. The normalized spacial score (nSPS) is 11.7. The summed E-state index contributed by atoms with van der Waals surface area (Å²) in [6, 6.07) is 13.1. The molecule has 0 aliphatic carbocycles. The van der Waals surface area contributed by atoms with Gasteiger partial charge in [0.15, 0.2) is 0 Å². The number of benzene rings is 3. The van der Waals surface area contributed by atoms with Crippen LogP contribution in [0, 0.1) is 17.0 Å². The Kier molecular flexibility index (Phi) is 6.58. The molecule has 0 aliphatic rings. The number of nitrogens with zero attached hydrogens (tertiary/aromatic N) is 1. The number of ether oxygens (including phenoxy) is 1. The van der Waals surface area contributed by atoms with Crippen molar-refractivity contribution in [3.05, 3.63) is 76.3 Å². The molecule has 3 rings (SSSR count). The van der Waals surface area contributed by atoms with Crippen LogP contribution in [0.3, 0.4) is 0 Å². The number of nitrogens with one attached hydrogen (secondary N) is 2. The second-order valence-corrected chi connectivity index (χ2v) is 10.5. The van der Waals surface area contributed by atoms with Crippen LogP contribution in [-0.4, -0.2) is 28.9 Å². The number of hydrogen-bond donors (Lipinski definition) is 3. The second-order valence-electron chi connectivity index (χ2n) is 6.92. The molecule has 3 aromatic rings. The fraction of sp³-hybridized carbons (Fsp3) is 0.100. The van der Waals surface area contributed by atoms with Gasteiger partial charge >= 0.3 is 0 Å². The molecule has 0 unspecified atom stereocenters. The van der Waals surface area contributed by atoms with Crippen molar-refractivity contribution < 1.29 is 26.5 Å². The summed E-state index contributed by atoms with van der Waals surface area (Å²) in [5, 5.41) is 14.4. The molecule has 33 heavy (non-hydrogen) atoms. The number of anilines is 3. The maximum Gasteiger partial charge on any atom is 0.294 e. The van der Waals surface area contributed by atoms with E-state index in [4.69, 9.17) is 10.5 Å². The molecule has 0 aromatic heterocycles. The molecule has 0 aliphatic heterocycles. The van der Waals surface area contributed by atoms with Crippen LogP contribution in [0.5, 0.6) is 5.75 Å². The van der Waals surface area contributed by atoms with Crippen LogP contribution in [0.2, 0.25) is 0 Å². The van der Waals surface area contributed by atoms with Gasteiger partial charge in [-0.05, 0) is 43.3 Å². The van der Waals surface area contributed by atoms with Gasteiger partial charge in [-0.1, -0.05) is 17.7 Å². The quantitative estimate of drug-likeness (QED) is 0.243. The third kappa shape index (κ3) is 5.39. The topological polar surface area (TPSA) is 171 Å². The molecule has 0 spiro atoms. The molecule has 0 saturated carbocycles. The first-order chi connectivity index (χ1) is 15.4. The minimum absolute atomic E-state index is 0.0211. The number of methoxy groups -OCH3 is 1. The fourth-order valence-electron chi connectivity index (χ4n) is 2.84. The zero-order valence-electron chi connectivity index (χ0n) is 17.5. The summed E-state index contributed by atoms with van der Waals surface area (Å²) in [5.41, 5.74) is 6.70. The van der Waals surface area contributed by atoms with Crippen molar-refractivity contribution in [3.63, 3.8) is 0 Å². The lowest BCUT2D eigenvalue weighted by atomic mass is 10.2. The molecule has 174 valence electrons. The molecule has 0 bridgehead atoms. The third-order valence-electron chi connectivity index (χ3n) is 4.54. The van der Waals surface area contributed by atoms with Crippen molar-refractivity contribution in [2.45, 2.75) is 16.7 Å². The average molecular weight is 493 g/mol. The highest BCUT2D eigenvalue weighted by Crippen LogP contribution is 2.33. The van der Waals surface area contributed by atoms with E-state index in [0.717, 1.165) is 23.8 Å². The van der Waals surface area contributed by atoms with Crippen LogP contribution < -0.4 is 19.9 Å². The lowest BCUT2D eigenvalue weighted by Gasteiger charge is -2.12. The van der Waals surface area contributed by atoms with Crippen molar-refractivity contribution in [3.8, 4) is 5.75 Å². The van der Waals surface area contributed by atoms with Crippen LogP contribution in [-0.2, 0) is 20.0 Å². The standard InChI is InChI=1S/C20H20N4O7S2/c1-13-3-6-15(7-4-13)32(27,28)23-33(29,30)16-8-10-18(19(12-16)24(25)26)22-14-5-9-17(21)20(11-14)31-2/h3-12,22-23H,21H2,1-2H3. The van der Waals surface area contributed by atoms with E-state index in [0.29, 0.717) is 17.1 Å². The van der Waals surface area contributed by atoms with Gasteiger partial charge in [0.25, 0.3) is 25.7 Å². The summed E-state index contributed by atoms with van der Waals surface area (Å²) in [6.45, 7) is 1.75. The smallest absolute Gasteiger partial charge is 0.294 e.